The van der Waals surface area contributed by atoms with Crippen molar-refractivity contribution in [1.29, 1.82) is 0 Å². The van der Waals surface area contributed by atoms with Crippen LogP contribution in [0.25, 0.3) is 11.0 Å². The third-order valence-corrected chi connectivity index (χ3v) is 3.21. The lowest BCUT2D eigenvalue weighted by molar-refractivity contribution is 0.598. The van der Waals surface area contributed by atoms with E-state index in [4.69, 9.17) is 16.7 Å². The highest BCUT2D eigenvalue weighted by Crippen LogP contribution is 2.24. The van der Waals surface area contributed by atoms with Gasteiger partial charge >= 0.3 is 0 Å². The van der Waals surface area contributed by atoms with Crippen LogP contribution in [-0.4, -0.2) is 18.4 Å². The number of nitrogens with zero attached hydrogens (tertiary/aromatic N) is 2. The second-order valence-corrected chi connectivity index (χ2v) is 4.81. The van der Waals surface area contributed by atoms with E-state index < -0.39 is 10.0 Å². The lowest BCUT2D eigenvalue weighted by Gasteiger charge is -2.02. The number of aromatic nitrogens is 2. The molecule has 7 heteroatoms. The summed E-state index contributed by atoms with van der Waals surface area (Å²) in [6.07, 6.45) is 2.96. The van der Waals surface area contributed by atoms with Crippen molar-refractivity contribution < 1.29 is 8.42 Å². The molecule has 5 nitrogen and oxygen atoms in total. The SMILES string of the molecule is NS(=O)(=O)c1cc2nccnc2cc1Cl. The Kier molecular flexibility index (Phi) is 2.34. The van der Waals surface area contributed by atoms with Gasteiger partial charge in [0.05, 0.1) is 16.1 Å². The predicted octanol–water partition coefficient (Wildman–Crippen LogP) is 0.931. The van der Waals surface area contributed by atoms with Crippen LogP contribution in [0, 0.1) is 0 Å². The molecule has 0 aliphatic rings. The number of benzene rings is 1. The summed E-state index contributed by atoms with van der Waals surface area (Å²) in [6.45, 7) is 0. The molecule has 0 bridgehead atoms. The van der Waals surface area contributed by atoms with Gasteiger partial charge in [-0.05, 0) is 12.1 Å². The first-order valence-corrected chi connectivity index (χ1v) is 5.84. The van der Waals surface area contributed by atoms with E-state index >= 15 is 0 Å². The highest BCUT2D eigenvalue weighted by atomic mass is 35.5. The summed E-state index contributed by atoms with van der Waals surface area (Å²) < 4.78 is 22.3. The molecule has 0 atom stereocenters. The van der Waals surface area contributed by atoms with Crippen LogP contribution < -0.4 is 5.14 Å². The summed E-state index contributed by atoms with van der Waals surface area (Å²) in [4.78, 5) is 7.80. The second kappa shape index (κ2) is 3.41. The van der Waals surface area contributed by atoms with Gasteiger partial charge in [-0.1, -0.05) is 11.6 Å². The number of halogens is 1. The van der Waals surface area contributed by atoms with E-state index in [1.54, 1.807) is 0 Å². The van der Waals surface area contributed by atoms with Crippen molar-refractivity contribution in [1.82, 2.24) is 9.97 Å². The van der Waals surface area contributed by atoms with Crippen LogP contribution in [0.5, 0.6) is 0 Å². The van der Waals surface area contributed by atoms with Crippen molar-refractivity contribution in [3.8, 4) is 0 Å². The number of hydrogen-bond donors (Lipinski definition) is 1. The number of hydrogen-bond acceptors (Lipinski definition) is 4. The average molecular weight is 244 g/mol. The zero-order valence-corrected chi connectivity index (χ0v) is 8.96. The number of rotatable bonds is 1. The first kappa shape index (κ1) is 10.3. The fraction of sp³-hybridized carbons (Fsp3) is 0. The van der Waals surface area contributed by atoms with Crippen LogP contribution in [0.1, 0.15) is 0 Å². The van der Waals surface area contributed by atoms with E-state index in [1.165, 1.54) is 24.5 Å². The molecule has 15 heavy (non-hydrogen) atoms. The molecule has 0 aliphatic heterocycles. The molecule has 2 aromatic rings. The van der Waals surface area contributed by atoms with Crippen molar-refractivity contribution in [3.05, 3.63) is 29.5 Å². The van der Waals surface area contributed by atoms with Crippen molar-refractivity contribution >= 4 is 32.7 Å². The molecule has 0 saturated carbocycles. The lowest BCUT2D eigenvalue weighted by atomic mass is 10.3. The fourth-order valence-corrected chi connectivity index (χ4v) is 2.27. The average Bonchev–Trinajstić information content (AvgIpc) is 2.15. The molecule has 0 unspecified atom stereocenters. The molecule has 78 valence electrons. The van der Waals surface area contributed by atoms with Crippen LogP contribution in [0.3, 0.4) is 0 Å². The van der Waals surface area contributed by atoms with E-state index in [2.05, 4.69) is 9.97 Å². The molecule has 1 heterocycles. The number of primary sulfonamides is 1. The quantitative estimate of drug-likeness (QED) is 0.807. The normalized spacial score (nSPS) is 11.9. The van der Waals surface area contributed by atoms with Crippen molar-refractivity contribution in [2.45, 2.75) is 4.90 Å². The molecule has 2 rings (SSSR count). The first-order valence-electron chi connectivity index (χ1n) is 3.91. The van der Waals surface area contributed by atoms with E-state index in [0.29, 0.717) is 11.0 Å². The zero-order chi connectivity index (χ0) is 11.1. The Morgan fingerprint density at radius 1 is 1.13 bits per heavy atom. The number of fused-ring (bicyclic) bond motifs is 1. The zero-order valence-electron chi connectivity index (χ0n) is 7.38. The van der Waals surface area contributed by atoms with Gasteiger partial charge in [0.15, 0.2) is 0 Å². The van der Waals surface area contributed by atoms with Crippen LogP contribution in [0.2, 0.25) is 5.02 Å². The summed E-state index contributed by atoms with van der Waals surface area (Å²) in [5.41, 5.74) is 0.959. The minimum atomic E-state index is -3.82. The Bertz CT molecular complexity index is 627. The van der Waals surface area contributed by atoms with Gasteiger partial charge in [0, 0.05) is 12.4 Å². The van der Waals surface area contributed by atoms with Gasteiger partial charge in [-0.3, -0.25) is 9.97 Å². The van der Waals surface area contributed by atoms with E-state index in [9.17, 15) is 8.42 Å². The smallest absolute Gasteiger partial charge is 0.239 e. The Hall–Kier alpha value is -1.24. The number of sulfonamides is 1. The molecular weight excluding hydrogens is 238 g/mol. The van der Waals surface area contributed by atoms with Gasteiger partial charge in [0.1, 0.15) is 4.90 Å². The lowest BCUT2D eigenvalue weighted by Crippen LogP contribution is -2.12. The van der Waals surface area contributed by atoms with E-state index in [1.807, 2.05) is 0 Å². The van der Waals surface area contributed by atoms with Crippen LogP contribution >= 0.6 is 11.6 Å². The molecule has 0 saturated heterocycles. The maximum absolute atomic E-state index is 11.1. The van der Waals surface area contributed by atoms with Gasteiger partial charge in [-0.2, -0.15) is 0 Å². The van der Waals surface area contributed by atoms with Crippen LogP contribution in [-0.2, 0) is 10.0 Å². The Balaban J connectivity index is 2.84. The standard InChI is InChI=1S/C8H6ClN3O2S/c9-5-3-6-7(12-2-1-11-6)4-8(5)15(10,13)14/h1-4H,(H2,10,13,14). The van der Waals surface area contributed by atoms with Crippen molar-refractivity contribution in [2.75, 3.05) is 0 Å². The summed E-state index contributed by atoms with van der Waals surface area (Å²) >= 11 is 5.76. The van der Waals surface area contributed by atoms with Gasteiger partial charge < -0.3 is 0 Å². The fourth-order valence-electron chi connectivity index (χ4n) is 1.18. The molecule has 0 radical (unpaired) electrons. The molecule has 0 aliphatic carbocycles. The Labute approximate surface area is 91.0 Å². The summed E-state index contributed by atoms with van der Waals surface area (Å²) in [5, 5.41) is 5.03. The minimum Gasteiger partial charge on any atom is -0.253 e. The largest absolute Gasteiger partial charge is 0.253 e. The molecule has 1 aromatic carbocycles. The molecule has 1 aromatic heterocycles. The summed E-state index contributed by atoms with van der Waals surface area (Å²) in [5.74, 6) is 0. The molecular formula is C8H6ClN3O2S. The monoisotopic (exact) mass is 243 g/mol. The highest BCUT2D eigenvalue weighted by molar-refractivity contribution is 7.89. The van der Waals surface area contributed by atoms with Gasteiger partial charge in [-0.15, -0.1) is 0 Å². The molecule has 0 fully saturated rings. The second-order valence-electron chi connectivity index (χ2n) is 2.87. The summed E-state index contributed by atoms with van der Waals surface area (Å²) in [6, 6.07) is 2.73. The van der Waals surface area contributed by atoms with Crippen molar-refractivity contribution in [2.24, 2.45) is 5.14 Å². The van der Waals surface area contributed by atoms with Gasteiger partial charge in [0.25, 0.3) is 0 Å². The predicted molar refractivity (Wildman–Crippen MR) is 55.9 cm³/mol. The third-order valence-electron chi connectivity index (χ3n) is 1.83. The molecule has 2 N–H and O–H groups in total. The topological polar surface area (TPSA) is 85.9 Å². The third kappa shape index (κ3) is 1.92. The Morgan fingerprint density at radius 2 is 1.67 bits per heavy atom. The van der Waals surface area contributed by atoms with Gasteiger partial charge in [-0.25, -0.2) is 13.6 Å². The molecule has 0 spiro atoms. The summed E-state index contributed by atoms with van der Waals surface area (Å²) in [7, 11) is -3.82. The highest BCUT2D eigenvalue weighted by Gasteiger charge is 2.14. The number of nitrogens with two attached hydrogens (primary N) is 1. The first-order chi connectivity index (χ1) is 6.98. The molecule has 0 amide bonds. The van der Waals surface area contributed by atoms with Crippen LogP contribution in [0.15, 0.2) is 29.4 Å². The van der Waals surface area contributed by atoms with E-state index in [0.717, 1.165) is 0 Å². The minimum absolute atomic E-state index is 0.0468. The Morgan fingerprint density at radius 3 is 2.20 bits per heavy atom. The maximum Gasteiger partial charge on any atom is 0.239 e. The van der Waals surface area contributed by atoms with E-state index in [-0.39, 0.29) is 9.92 Å². The van der Waals surface area contributed by atoms with Crippen molar-refractivity contribution in [3.63, 3.8) is 0 Å². The van der Waals surface area contributed by atoms with Crippen LogP contribution in [0.4, 0.5) is 0 Å². The van der Waals surface area contributed by atoms with Gasteiger partial charge in [0.2, 0.25) is 10.0 Å². The maximum atomic E-state index is 11.1.